The fourth-order valence-electron chi connectivity index (χ4n) is 5.28. The molecule has 1 saturated carbocycles. The molecule has 1 N–H and O–H groups in total. The van der Waals surface area contributed by atoms with Crippen molar-refractivity contribution in [2.45, 2.75) is 69.0 Å². The van der Waals surface area contributed by atoms with Crippen molar-refractivity contribution in [3.8, 4) is 5.75 Å². The van der Waals surface area contributed by atoms with Gasteiger partial charge < -0.3 is 15.0 Å². The first-order valence-electron chi connectivity index (χ1n) is 14.4. The lowest BCUT2D eigenvalue weighted by molar-refractivity contribution is -0.140. The molecule has 0 aromatic heterocycles. The van der Waals surface area contributed by atoms with Gasteiger partial charge >= 0.3 is 0 Å². The number of carbonyl (C=O) groups excluding carboxylic acids is 2. The first-order chi connectivity index (χ1) is 20.6. The van der Waals surface area contributed by atoms with Gasteiger partial charge in [0.15, 0.2) is 0 Å². The van der Waals surface area contributed by atoms with Gasteiger partial charge in [0.05, 0.1) is 17.7 Å². The van der Waals surface area contributed by atoms with Gasteiger partial charge in [-0.1, -0.05) is 67.6 Å². The van der Waals surface area contributed by atoms with Crippen LogP contribution in [0.3, 0.4) is 0 Å². The van der Waals surface area contributed by atoms with Crippen LogP contribution in [0.5, 0.6) is 5.75 Å². The third kappa shape index (κ3) is 8.22. The zero-order valence-electron chi connectivity index (χ0n) is 24.3. The Balaban J connectivity index is 1.71. The third-order valence-electron chi connectivity index (χ3n) is 7.68. The maximum Gasteiger partial charge on any atom is 0.264 e. The normalized spacial score (nSPS) is 14.5. The van der Waals surface area contributed by atoms with Gasteiger partial charge in [-0.2, -0.15) is 0 Å². The summed E-state index contributed by atoms with van der Waals surface area (Å²) in [6, 6.07) is 18.5. The van der Waals surface area contributed by atoms with E-state index in [1.807, 2.05) is 6.92 Å². The minimum atomic E-state index is -4.22. The first-order valence-corrected chi connectivity index (χ1v) is 16.6. The maximum atomic E-state index is 14.2. The summed E-state index contributed by atoms with van der Waals surface area (Å²) < 4.78 is 34.2. The van der Waals surface area contributed by atoms with Crippen molar-refractivity contribution in [2.24, 2.45) is 0 Å². The van der Waals surface area contributed by atoms with Gasteiger partial charge in [0.2, 0.25) is 11.8 Å². The Morgan fingerprint density at radius 1 is 0.953 bits per heavy atom. The third-order valence-corrected chi connectivity index (χ3v) is 10.1. The van der Waals surface area contributed by atoms with Gasteiger partial charge in [-0.05, 0) is 79.4 Å². The molecule has 230 valence electrons. The van der Waals surface area contributed by atoms with Crippen LogP contribution < -0.4 is 14.4 Å². The fraction of sp³-hybridized carbons (Fsp3) is 0.375. The zero-order valence-corrected chi connectivity index (χ0v) is 26.7. The van der Waals surface area contributed by atoms with E-state index in [9.17, 15) is 18.0 Å². The molecule has 1 aliphatic carbocycles. The molecule has 43 heavy (non-hydrogen) atoms. The van der Waals surface area contributed by atoms with Gasteiger partial charge in [-0.25, -0.2) is 8.42 Å². The van der Waals surface area contributed by atoms with E-state index in [-0.39, 0.29) is 29.1 Å². The first kappa shape index (κ1) is 32.6. The van der Waals surface area contributed by atoms with E-state index in [0.29, 0.717) is 27.8 Å². The number of hydrogen-bond donors (Lipinski definition) is 1. The van der Waals surface area contributed by atoms with Gasteiger partial charge in [0, 0.05) is 22.6 Å². The number of methoxy groups -OCH3 is 1. The highest BCUT2D eigenvalue weighted by Crippen LogP contribution is 2.28. The van der Waals surface area contributed by atoms with Crippen molar-refractivity contribution in [2.75, 3.05) is 18.0 Å². The van der Waals surface area contributed by atoms with Gasteiger partial charge in [0.25, 0.3) is 10.0 Å². The van der Waals surface area contributed by atoms with Crippen molar-refractivity contribution in [3.05, 3.63) is 88.4 Å². The highest BCUT2D eigenvalue weighted by Gasteiger charge is 2.34. The molecule has 8 nitrogen and oxygen atoms in total. The summed E-state index contributed by atoms with van der Waals surface area (Å²) in [7, 11) is -2.73. The lowest BCUT2D eigenvalue weighted by Crippen LogP contribution is -2.54. The summed E-state index contributed by atoms with van der Waals surface area (Å²) in [5.74, 6) is -0.308. The Morgan fingerprint density at radius 3 is 2.21 bits per heavy atom. The number of amides is 2. The summed E-state index contributed by atoms with van der Waals surface area (Å²) in [4.78, 5) is 29.3. The predicted molar refractivity (Wildman–Crippen MR) is 170 cm³/mol. The summed E-state index contributed by atoms with van der Waals surface area (Å²) in [6.45, 7) is 1.32. The van der Waals surface area contributed by atoms with Gasteiger partial charge in [-0.3, -0.25) is 13.9 Å². The molecule has 1 fully saturated rings. The van der Waals surface area contributed by atoms with Crippen molar-refractivity contribution in [3.63, 3.8) is 0 Å². The van der Waals surface area contributed by atoms with Crippen LogP contribution in [-0.4, -0.2) is 50.9 Å². The summed E-state index contributed by atoms with van der Waals surface area (Å²) >= 11 is 12.6. The Kier molecular flexibility index (Phi) is 11.3. The SMILES string of the molecule is CC[C@H](C(=O)NC1CCCCC1)N(Cc1ccccc1Cl)C(=O)CN(c1ccc(Cl)cc1)S(=O)(=O)c1ccc(OC)cc1. The molecule has 0 radical (unpaired) electrons. The van der Waals surface area contributed by atoms with Crippen LogP contribution in [-0.2, 0) is 26.2 Å². The molecule has 0 unspecified atom stereocenters. The van der Waals surface area contributed by atoms with Crippen LogP contribution in [0.15, 0.2) is 77.7 Å². The molecular formula is C32H37Cl2N3O5S. The molecule has 1 aliphatic rings. The van der Waals surface area contributed by atoms with E-state index in [4.69, 9.17) is 27.9 Å². The molecule has 0 aliphatic heterocycles. The summed E-state index contributed by atoms with van der Waals surface area (Å²) in [6.07, 6.45) is 5.35. The number of anilines is 1. The molecule has 3 aromatic carbocycles. The highest BCUT2D eigenvalue weighted by atomic mass is 35.5. The second kappa shape index (κ2) is 14.9. The Bertz CT molecular complexity index is 1490. The predicted octanol–water partition coefficient (Wildman–Crippen LogP) is 6.45. The monoisotopic (exact) mass is 645 g/mol. The number of ether oxygens (including phenoxy) is 1. The molecular weight excluding hydrogens is 609 g/mol. The minimum Gasteiger partial charge on any atom is -0.497 e. The number of benzene rings is 3. The van der Waals surface area contributed by atoms with E-state index in [2.05, 4.69) is 5.32 Å². The number of sulfonamides is 1. The Labute approximate surface area is 264 Å². The number of hydrogen-bond acceptors (Lipinski definition) is 5. The van der Waals surface area contributed by atoms with Crippen LogP contribution in [0.25, 0.3) is 0 Å². The quantitative estimate of drug-likeness (QED) is 0.244. The molecule has 3 aromatic rings. The van der Waals surface area contributed by atoms with Crippen LogP contribution in [0.1, 0.15) is 51.0 Å². The second-order valence-electron chi connectivity index (χ2n) is 10.5. The lowest BCUT2D eigenvalue weighted by Gasteiger charge is -2.34. The smallest absolute Gasteiger partial charge is 0.264 e. The Hall–Kier alpha value is -3.27. The van der Waals surface area contributed by atoms with Crippen molar-refractivity contribution in [1.29, 1.82) is 0 Å². The van der Waals surface area contributed by atoms with Crippen LogP contribution in [0.2, 0.25) is 10.0 Å². The van der Waals surface area contributed by atoms with Gasteiger partial charge in [-0.15, -0.1) is 0 Å². The molecule has 11 heteroatoms. The molecule has 2 amide bonds. The minimum absolute atomic E-state index is 0.0178. The van der Waals surface area contributed by atoms with Crippen LogP contribution >= 0.6 is 23.2 Å². The standard InChI is InChI=1S/C32H37Cl2N3O5S/c1-3-30(32(39)35-25-10-5-4-6-11-25)36(21-23-9-7-8-12-29(23)34)31(38)22-37(26-15-13-24(33)14-16-26)43(40,41)28-19-17-27(42-2)18-20-28/h7-9,12-20,25,30H,3-6,10-11,21-22H2,1-2H3,(H,35,39)/t30-/m1/s1. The number of nitrogens with one attached hydrogen (secondary N) is 1. The van der Waals surface area contributed by atoms with E-state index in [1.165, 1.54) is 24.1 Å². The molecule has 4 rings (SSSR count). The fourth-order valence-corrected chi connectivity index (χ4v) is 7.02. The van der Waals surface area contributed by atoms with Crippen LogP contribution in [0.4, 0.5) is 5.69 Å². The number of rotatable bonds is 12. The van der Waals surface area contributed by atoms with Gasteiger partial charge in [0.1, 0.15) is 18.3 Å². The molecule has 0 bridgehead atoms. The van der Waals surface area contributed by atoms with Crippen LogP contribution in [0, 0.1) is 0 Å². The Morgan fingerprint density at radius 2 is 1.60 bits per heavy atom. The molecule has 0 spiro atoms. The topological polar surface area (TPSA) is 96.0 Å². The largest absolute Gasteiger partial charge is 0.497 e. The second-order valence-corrected chi connectivity index (χ2v) is 13.3. The van der Waals surface area contributed by atoms with E-state index < -0.39 is 28.5 Å². The highest BCUT2D eigenvalue weighted by molar-refractivity contribution is 7.92. The molecule has 0 saturated heterocycles. The lowest BCUT2D eigenvalue weighted by atomic mass is 9.95. The maximum absolute atomic E-state index is 14.2. The molecule has 1 atom stereocenters. The average molecular weight is 647 g/mol. The average Bonchev–Trinajstić information content (AvgIpc) is 3.01. The number of nitrogens with zero attached hydrogens (tertiary/aromatic N) is 2. The van der Waals surface area contributed by atoms with E-state index >= 15 is 0 Å². The van der Waals surface area contributed by atoms with E-state index in [1.54, 1.807) is 60.7 Å². The molecule has 0 heterocycles. The number of carbonyl (C=O) groups is 2. The van der Waals surface area contributed by atoms with E-state index in [0.717, 1.165) is 36.4 Å². The zero-order chi connectivity index (χ0) is 31.0. The van der Waals surface area contributed by atoms with Crippen molar-refractivity contribution < 1.29 is 22.7 Å². The van der Waals surface area contributed by atoms with Crippen molar-refractivity contribution in [1.82, 2.24) is 10.2 Å². The summed E-state index contributed by atoms with van der Waals surface area (Å²) in [5, 5.41) is 4.01. The summed E-state index contributed by atoms with van der Waals surface area (Å²) in [5.41, 5.74) is 0.906. The van der Waals surface area contributed by atoms with Crippen molar-refractivity contribution >= 4 is 50.7 Å². The number of halogens is 2.